The van der Waals surface area contributed by atoms with Gasteiger partial charge in [0, 0.05) is 0 Å². The summed E-state index contributed by atoms with van der Waals surface area (Å²) in [7, 11) is -3.21. The highest BCUT2D eigenvalue weighted by Gasteiger charge is 2.12. The number of aryl methyl sites for hydroxylation is 3. The number of rotatable bonds is 8. The number of benzene rings is 2. The molecule has 134 valence electrons. The predicted molar refractivity (Wildman–Crippen MR) is 103 cm³/mol. The highest BCUT2D eigenvalue weighted by Crippen LogP contribution is 2.19. The van der Waals surface area contributed by atoms with Crippen LogP contribution in [-0.2, 0) is 9.84 Å². The Hall–Kier alpha value is -2.07. The summed E-state index contributed by atoms with van der Waals surface area (Å²) in [5.41, 5.74) is 3.36. The van der Waals surface area contributed by atoms with E-state index in [9.17, 15) is 8.42 Å². The van der Waals surface area contributed by atoms with Crippen LogP contribution in [-0.4, -0.2) is 20.8 Å². The molecule has 0 spiro atoms. The fourth-order valence-corrected chi connectivity index (χ4v) is 3.65. The Morgan fingerprint density at radius 1 is 0.880 bits per heavy atom. The van der Waals surface area contributed by atoms with Gasteiger partial charge in [0.1, 0.15) is 5.75 Å². The Kier molecular flexibility index (Phi) is 6.82. The van der Waals surface area contributed by atoms with Crippen LogP contribution in [0.5, 0.6) is 5.75 Å². The molecule has 2 aromatic carbocycles. The largest absolute Gasteiger partial charge is 0.493 e. The maximum Gasteiger partial charge on any atom is 0.178 e. The lowest BCUT2D eigenvalue weighted by molar-refractivity contribution is 0.322. The Bertz CT molecular complexity index is 819. The highest BCUT2D eigenvalue weighted by molar-refractivity contribution is 7.91. The van der Waals surface area contributed by atoms with E-state index in [2.05, 4.69) is 12.1 Å². The van der Waals surface area contributed by atoms with Crippen LogP contribution in [0.4, 0.5) is 0 Å². The van der Waals surface area contributed by atoms with Gasteiger partial charge in [-0.15, -0.1) is 0 Å². The molecule has 0 radical (unpaired) electrons. The molecular weight excluding hydrogens is 332 g/mol. The lowest BCUT2D eigenvalue weighted by atomic mass is 10.1. The lowest BCUT2D eigenvalue weighted by Gasteiger charge is -2.08. The molecule has 0 unspecified atom stereocenters. The van der Waals surface area contributed by atoms with Crippen molar-refractivity contribution in [3.63, 3.8) is 0 Å². The van der Waals surface area contributed by atoms with Crippen LogP contribution < -0.4 is 4.74 Å². The van der Waals surface area contributed by atoms with E-state index in [1.54, 1.807) is 12.1 Å². The molecule has 0 amide bonds. The van der Waals surface area contributed by atoms with Crippen molar-refractivity contribution in [1.82, 2.24) is 0 Å². The molecule has 0 aliphatic heterocycles. The molecule has 3 nitrogen and oxygen atoms in total. The van der Waals surface area contributed by atoms with Gasteiger partial charge in [-0.3, -0.25) is 0 Å². The van der Waals surface area contributed by atoms with Crippen molar-refractivity contribution in [2.45, 2.75) is 38.5 Å². The molecule has 0 aromatic heterocycles. The molecule has 0 N–H and O–H groups in total. The normalized spacial score (nSPS) is 11.8. The maximum absolute atomic E-state index is 12.2. The standard InChI is InChI=1S/C21H26O3S/c1-17-9-12-20(13-10-17)25(22,23)15-7-5-4-6-14-24-21-16-18(2)8-11-19(21)3/h4-5,8-13,16H,6-7,14-15H2,1-3H3/b5-4+. The van der Waals surface area contributed by atoms with Crippen molar-refractivity contribution in [2.75, 3.05) is 12.4 Å². The summed E-state index contributed by atoms with van der Waals surface area (Å²) < 4.78 is 30.2. The van der Waals surface area contributed by atoms with Crippen LogP contribution in [0.1, 0.15) is 29.5 Å². The molecule has 0 aliphatic carbocycles. The van der Waals surface area contributed by atoms with Crippen molar-refractivity contribution in [3.05, 3.63) is 71.3 Å². The van der Waals surface area contributed by atoms with Crippen molar-refractivity contribution < 1.29 is 13.2 Å². The van der Waals surface area contributed by atoms with E-state index in [0.29, 0.717) is 17.9 Å². The maximum atomic E-state index is 12.2. The first kappa shape index (κ1) is 19.3. The molecule has 0 saturated heterocycles. The molecular formula is C21H26O3S. The van der Waals surface area contributed by atoms with Gasteiger partial charge in [0.15, 0.2) is 9.84 Å². The first-order valence-electron chi connectivity index (χ1n) is 8.53. The van der Waals surface area contributed by atoms with E-state index in [1.807, 2.05) is 51.1 Å². The van der Waals surface area contributed by atoms with Gasteiger partial charge in [-0.1, -0.05) is 42.0 Å². The van der Waals surface area contributed by atoms with Gasteiger partial charge in [-0.05, 0) is 62.9 Å². The minimum Gasteiger partial charge on any atom is -0.493 e. The van der Waals surface area contributed by atoms with Crippen LogP contribution in [0.25, 0.3) is 0 Å². The first-order valence-corrected chi connectivity index (χ1v) is 10.2. The van der Waals surface area contributed by atoms with Crippen molar-refractivity contribution in [1.29, 1.82) is 0 Å². The van der Waals surface area contributed by atoms with Gasteiger partial charge in [-0.25, -0.2) is 8.42 Å². The van der Waals surface area contributed by atoms with Gasteiger partial charge in [-0.2, -0.15) is 0 Å². The van der Waals surface area contributed by atoms with Crippen LogP contribution >= 0.6 is 0 Å². The van der Waals surface area contributed by atoms with Crippen LogP contribution in [0, 0.1) is 20.8 Å². The number of ether oxygens (including phenoxy) is 1. The molecule has 4 heteroatoms. The zero-order chi connectivity index (χ0) is 18.3. The molecule has 0 saturated carbocycles. The third-order valence-electron chi connectivity index (χ3n) is 3.99. The number of hydrogen-bond acceptors (Lipinski definition) is 3. The van der Waals surface area contributed by atoms with E-state index < -0.39 is 9.84 Å². The van der Waals surface area contributed by atoms with E-state index in [0.717, 1.165) is 23.3 Å². The molecule has 0 bridgehead atoms. The SMILES string of the molecule is Cc1ccc(S(=O)(=O)CC/C=C/CCOc2cc(C)ccc2C)cc1. The summed E-state index contributed by atoms with van der Waals surface area (Å²) in [5.74, 6) is 1.04. The van der Waals surface area contributed by atoms with Gasteiger partial charge in [0.25, 0.3) is 0 Å². The molecule has 0 aliphatic rings. The molecule has 0 heterocycles. The Labute approximate surface area is 151 Å². The molecule has 25 heavy (non-hydrogen) atoms. The topological polar surface area (TPSA) is 43.4 Å². The van der Waals surface area contributed by atoms with E-state index in [-0.39, 0.29) is 5.75 Å². The average molecular weight is 359 g/mol. The Balaban J connectivity index is 1.74. The smallest absolute Gasteiger partial charge is 0.178 e. The van der Waals surface area contributed by atoms with Crippen LogP contribution in [0.3, 0.4) is 0 Å². The van der Waals surface area contributed by atoms with Crippen molar-refractivity contribution in [3.8, 4) is 5.75 Å². The summed E-state index contributed by atoms with van der Waals surface area (Å²) in [6, 6.07) is 13.2. The van der Waals surface area contributed by atoms with Gasteiger partial charge in [0.05, 0.1) is 17.3 Å². The third kappa shape index (κ3) is 6.05. The second-order valence-electron chi connectivity index (χ2n) is 6.30. The van der Waals surface area contributed by atoms with Crippen molar-refractivity contribution in [2.24, 2.45) is 0 Å². The zero-order valence-corrected chi connectivity index (χ0v) is 16.0. The second kappa shape index (κ2) is 8.86. The van der Waals surface area contributed by atoms with Gasteiger partial charge >= 0.3 is 0 Å². The first-order chi connectivity index (χ1) is 11.9. The summed E-state index contributed by atoms with van der Waals surface area (Å²) in [4.78, 5) is 0.393. The highest BCUT2D eigenvalue weighted by atomic mass is 32.2. The summed E-state index contributed by atoms with van der Waals surface area (Å²) in [6.45, 7) is 6.60. The number of sulfone groups is 1. The minimum absolute atomic E-state index is 0.129. The monoisotopic (exact) mass is 358 g/mol. The van der Waals surface area contributed by atoms with Crippen LogP contribution in [0.15, 0.2) is 59.5 Å². The molecule has 0 fully saturated rings. The molecule has 2 aromatic rings. The fraction of sp³-hybridized carbons (Fsp3) is 0.333. The quantitative estimate of drug-likeness (QED) is 0.503. The minimum atomic E-state index is -3.21. The molecule has 2 rings (SSSR count). The third-order valence-corrected chi connectivity index (χ3v) is 5.75. The van der Waals surface area contributed by atoms with E-state index >= 15 is 0 Å². The predicted octanol–water partition coefficient (Wildman–Crippen LogP) is 4.80. The van der Waals surface area contributed by atoms with E-state index in [1.165, 1.54) is 5.56 Å². The Morgan fingerprint density at radius 3 is 2.24 bits per heavy atom. The second-order valence-corrected chi connectivity index (χ2v) is 8.41. The summed E-state index contributed by atoms with van der Waals surface area (Å²) in [6.07, 6.45) is 5.17. The van der Waals surface area contributed by atoms with E-state index in [4.69, 9.17) is 4.74 Å². The average Bonchev–Trinajstić information content (AvgIpc) is 2.57. The summed E-state index contributed by atoms with van der Waals surface area (Å²) >= 11 is 0. The fourth-order valence-electron chi connectivity index (χ4n) is 2.42. The van der Waals surface area contributed by atoms with Gasteiger partial charge < -0.3 is 4.74 Å². The molecule has 0 atom stereocenters. The summed E-state index contributed by atoms with van der Waals surface area (Å²) in [5, 5.41) is 0. The zero-order valence-electron chi connectivity index (χ0n) is 15.2. The van der Waals surface area contributed by atoms with Crippen LogP contribution in [0.2, 0.25) is 0 Å². The lowest BCUT2D eigenvalue weighted by Crippen LogP contribution is -2.06. The van der Waals surface area contributed by atoms with Gasteiger partial charge in [0.2, 0.25) is 0 Å². The number of hydrogen-bond donors (Lipinski definition) is 0. The Morgan fingerprint density at radius 2 is 1.52 bits per heavy atom. The van der Waals surface area contributed by atoms with Crippen molar-refractivity contribution >= 4 is 9.84 Å². The number of allylic oxidation sites excluding steroid dienone is 1.